The lowest BCUT2D eigenvalue weighted by molar-refractivity contribution is 1.07. The second-order valence-corrected chi connectivity index (χ2v) is 13.8. The fourth-order valence-corrected chi connectivity index (χ4v) is 7.54. The smallest absolute Gasteiger partial charge is 0.164 e. The van der Waals surface area contributed by atoms with Crippen LogP contribution in [0.15, 0.2) is 206 Å². The lowest BCUT2D eigenvalue weighted by atomic mass is 9.92. The first kappa shape index (κ1) is 33.0. The van der Waals surface area contributed by atoms with Crippen molar-refractivity contribution in [2.45, 2.75) is 0 Å². The highest BCUT2D eigenvalue weighted by atomic mass is 15.0. The Morgan fingerprint density at radius 2 is 0.696 bits per heavy atom. The highest BCUT2D eigenvalue weighted by Gasteiger charge is 2.16. The molecule has 4 heteroatoms. The third kappa shape index (κ3) is 6.29. The molecule has 0 unspecified atom stereocenters. The molecule has 8 aromatic carbocycles. The number of nitrogens with zero attached hydrogens (tertiary/aromatic N) is 4. The minimum atomic E-state index is 0.637. The van der Waals surface area contributed by atoms with Crippen LogP contribution in [0.2, 0.25) is 0 Å². The molecule has 2 heterocycles. The predicted octanol–water partition coefficient (Wildman–Crippen LogP) is 13.2. The SMILES string of the molecule is c1ccc(-c2nc(-c3ccccc3)nc(-c3cccc(-c4ccc(-c5ccc6c(c5)nc(-c5ccccc5)c5cccc(-c7ccccc7)c56)cc4)c3)n2)cc1. The van der Waals surface area contributed by atoms with Crippen molar-refractivity contribution in [2.24, 2.45) is 0 Å². The van der Waals surface area contributed by atoms with E-state index in [0.717, 1.165) is 66.5 Å². The van der Waals surface area contributed by atoms with Gasteiger partial charge >= 0.3 is 0 Å². The predicted molar refractivity (Wildman–Crippen MR) is 231 cm³/mol. The summed E-state index contributed by atoms with van der Waals surface area (Å²) in [5.74, 6) is 1.93. The molecule has 0 fully saturated rings. The minimum Gasteiger partial charge on any atom is -0.247 e. The van der Waals surface area contributed by atoms with Gasteiger partial charge in [0.25, 0.3) is 0 Å². The molecule has 0 aliphatic heterocycles. The van der Waals surface area contributed by atoms with Gasteiger partial charge in [-0.25, -0.2) is 19.9 Å². The second kappa shape index (κ2) is 14.3. The van der Waals surface area contributed by atoms with Crippen LogP contribution in [-0.2, 0) is 0 Å². The van der Waals surface area contributed by atoms with E-state index in [0.29, 0.717) is 17.5 Å². The lowest BCUT2D eigenvalue weighted by Crippen LogP contribution is -2.00. The number of aromatic nitrogens is 4. The van der Waals surface area contributed by atoms with E-state index in [9.17, 15) is 0 Å². The Bertz CT molecular complexity index is 2930. The van der Waals surface area contributed by atoms with Gasteiger partial charge in [-0.3, -0.25) is 0 Å². The van der Waals surface area contributed by atoms with Crippen molar-refractivity contribution in [3.05, 3.63) is 206 Å². The molecule has 0 bridgehead atoms. The molecule has 0 saturated carbocycles. The summed E-state index contributed by atoms with van der Waals surface area (Å²) in [6.45, 7) is 0. The molecule has 0 N–H and O–H groups in total. The molecule has 0 amide bonds. The van der Waals surface area contributed by atoms with Crippen molar-refractivity contribution in [2.75, 3.05) is 0 Å². The molecule has 0 radical (unpaired) electrons. The van der Waals surface area contributed by atoms with Gasteiger partial charge in [0.2, 0.25) is 0 Å². The zero-order valence-corrected chi connectivity index (χ0v) is 30.4. The topological polar surface area (TPSA) is 51.6 Å². The van der Waals surface area contributed by atoms with Crippen molar-refractivity contribution in [1.82, 2.24) is 19.9 Å². The maximum Gasteiger partial charge on any atom is 0.164 e. The number of pyridine rings is 1. The van der Waals surface area contributed by atoms with Crippen LogP contribution in [0.1, 0.15) is 0 Å². The molecule has 0 spiro atoms. The maximum atomic E-state index is 5.33. The van der Waals surface area contributed by atoms with Crippen LogP contribution in [0.4, 0.5) is 0 Å². The van der Waals surface area contributed by atoms with Gasteiger partial charge in [0.1, 0.15) is 0 Å². The number of hydrogen-bond acceptors (Lipinski definition) is 4. The highest BCUT2D eigenvalue weighted by molar-refractivity contribution is 6.17. The third-order valence-electron chi connectivity index (χ3n) is 10.3. The lowest BCUT2D eigenvalue weighted by Gasteiger charge is -2.15. The van der Waals surface area contributed by atoms with Crippen molar-refractivity contribution in [3.63, 3.8) is 0 Å². The van der Waals surface area contributed by atoms with Crippen molar-refractivity contribution < 1.29 is 0 Å². The molecule has 0 atom stereocenters. The zero-order chi connectivity index (χ0) is 37.3. The summed E-state index contributed by atoms with van der Waals surface area (Å²) in [6, 6.07) is 71.7. The normalized spacial score (nSPS) is 11.2. The molecule has 262 valence electrons. The Morgan fingerprint density at radius 1 is 0.250 bits per heavy atom. The van der Waals surface area contributed by atoms with Gasteiger partial charge in [0, 0.05) is 38.4 Å². The van der Waals surface area contributed by atoms with E-state index < -0.39 is 0 Å². The van der Waals surface area contributed by atoms with E-state index >= 15 is 0 Å². The molecular weight excluding hydrogens is 681 g/mol. The van der Waals surface area contributed by atoms with Crippen LogP contribution in [0.25, 0.3) is 100 Å². The third-order valence-corrected chi connectivity index (χ3v) is 10.3. The molecule has 2 aromatic heterocycles. The summed E-state index contributed by atoms with van der Waals surface area (Å²) in [6.07, 6.45) is 0. The van der Waals surface area contributed by atoms with Crippen molar-refractivity contribution in [3.8, 4) is 78.8 Å². The maximum absolute atomic E-state index is 5.33. The molecule has 10 rings (SSSR count). The molecule has 0 saturated heterocycles. The van der Waals surface area contributed by atoms with Gasteiger partial charge < -0.3 is 0 Å². The van der Waals surface area contributed by atoms with Gasteiger partial charge in [0.15, 0.2) is 17.5 Å². The molecular formula is C52H34N4. The fourth-order valence-electron chi connectivity index (χ4n) is 7.54. The second-order valence-electron chi connectivity index (χ2n) is 13.8. The molecule has 0 aliphatic rings. The average Bonchev–Trinajstić information content (AvgIpc) is 3.29. The standard InChI is InChI=1S/C52H34N4/c1-5-15-37(16-6-1)44-25-14-26-46-48(44)45-32-31-42(34-47(45)53-49(46)38-17-7-2-8-18-38)36-29-27-35(28-30-36)41-23-13-24-43(33-41)52-55-50(39-19-9-3-10-20-39)54-51(56-52)40-21-11-4-12-22-40/h1-34H. The number of hydrogen-bond donors (Lipinski definition) is 0. The van der Waals surface area contributed by atoms with Gasteiger partial charge in [-0.15, -0.1) is 0 Å². The van der Waals surface area contributed by atoms with Crippen molar-refractivity contribution in [1.29, 1.82) is 0 Å². The fraction of sp³-hybridized carbons (Fsp3) is 0. The monoisotopic (exact) mass is 714 g/mol. The summed E-state index contributed by atoms with van der Waals surface area (Å²) < 4.78 is 0. The highest BCUT2D eigenvalue weighted by Crippen LogP contribution is 2.40. The van der Waals surface area contributed by atoms with Crippen molar-refractivity contribution >= 4 is 21.7 Å². The first-order chi connectivity index (χ1) is 27.7. The van der Waals surface area contributed by atoms with Gasteiger partial charge in [0.05, 0.1) is 11.2 Å². The summed E-state index contributed by atoms with van der Waals surface area (Å²) >= 11 is 0. The van der Waals surface area contributed by atoms with Crippen LogP contribution in [0, 0.1) is 0 Å². The first-order valence-corrected chi connectivity index (χ1v) is 18.8. The number of benzene rings is 8. The van der Waals surface area contributed by atoms with Crippen LogP contribution in [-0.4, -0.2) is 19.9 Å². The number of fused-ring (bicyclic) bond motifs is 3. The Morgan fingerprint density at radius 3 is 1.29 bits per heavy atom. The summed E-state index contributed by atoms with van der Waals surface area (Å²) in [5.41, 5.74) is 12.7. The largest absolute Gasteiger partial charge is 0.247 e. The quantitative estimate of drug-likeness (QED) is 0.154. The van der Waals surface area contributed by atoms with E-state index in [2.05, 4.69) is 146 Å². The molecule has 56 heavy (non-hydrogen) atoms. The summed E-state index contributed by atoms with van der Waals surface area (Å²) in [7, 11) is 0. The van der Waals surface area contributed by atoms with E-state index in [1.54, 1.807) is 0 Å². The van der Waals surface area contributed by atoms with Crippen LogP contribution in [0.5, 0.6) is 0 Å². The molecule has 10 aromatic rings. The number of rotatable bonds is 7. The van der Waals surface area contributed by atoms with Crippen LogP contribution in [0.3, 0.4) is 0 Å². The Labute approximate surface area is 325 Å². The van der Waals surface area contributed by atoms with E-state index in [-0.39, 0.29) is 0 Å². The zero-order valence-electron chi connectivity index (χ0n) is 30.4. The Balaban J connectivity index is 1.03. The average molecular weight is 715 g/mol. The molecule has 4 nitrogen and oxygen atoms in total. The Kier molecular flexibility index (Phi) is 8.47. The summed E-state index contributed by atoms with van der Waals surface area (Å²) in [5, 5.41) is 3.50. The van der Waals surface area contributed by atoms with Crippen LogP contribution < -0.4 is 0 Å². The van der Waals surface area contributed by atoms with Gasteiger partial charge in [-0.1, -0.05) is 194 Å². The molecule has 0 aliphatic carbocycles. The van der Waals surface area contributed by atoms with E-state index in [4.69, 9.17) is 19.9 Å². The first-order valence-electron chi connectivity index (χ1n) is 18.8. The van der Waals surface area contributed by atoms with Gasteiger partial charge in [-0.05, 0) is 45.5 Å². The Hall–Kier alpha value is -7.56. The minimum absolute atomic E-state index is 0.637. The van der Waals surface area contributed by atoms with Gasteiger partial charge in [-0.2, -0.15) is 0 Å². The summed E-state index contributed by atoms with van der Waals surface area (Å²) in [4.78, 5) is 20.1. The van der Waals surface area contributed by atoms with E-state index in [1.165, 1.54) is 16.5 Å². The van der Waals surface area contributed by atoms with Crippen LogP contribution >= 0.6 is 0 Å². The van der Waals surface area contributed by atoms with E-state index in [1.807, 2.05) is 60.7 Å².